The maximum Gasteiger partial charge on any atom is 0.132 e. The Morgan fingerprint density at radius 3 is 2.20 bits per heavy atom. The van der Waals surface area contributed by atoms with Gasteiger partial charge in [0.1, 0.15) is 17.2 Å². The molecule has 2 aliphatic rings. The van der Waals surface area contributed by atoms with Crippen molar-refractivity contribution in [3.05, 3.63) is 35.4 Å². The van der Waals surface area contributed by atoms with Crippen LogP contribution in [0, 0.1) is 23.5 Å². The summed E-state index contributed by atoms with van der Waals surface area (Å²) in [6.45, 7) is 0. The lowest BCUT2D eigenvalue weighted by atomic mass is 9.98. The molecule has 0 heterocycles. The van der Waals surface area contributed by atoms with Gasteiger partial charge in [0.2, 0.25) is 0 Å². The molecule has 0 bridgehead atoms. The van der Waals surface area contributed by atoms with Crippen LogP contribution in [0.1, 0.15) is 24.8 Å². The quantitative estimate of drug-likeness (QED) is 0.755. The van der Waals surface area contributed by atoms with E-state index in [2.05, 4.69) is 0 Å². The normalized spacial score (nSPS) is 37.8. The van der Waals surface area contributed by atoms with Gasteiger partial charge < -0.3 is 5.11 Å². The Hall–Kier alpha value is -0.960. The van der Waals surface area contributed by atoms with Gasteiger partial charge in [-0.15, -0.1) is 0 Å². The lowest BCUT2D eigenvalue weighted by Gasteiger charge is -2.16. The first-order valence-corrected chi connectivity index (χ1v) is 5.32. The standard InChI is InChI=1S/C12H12F2O/c13-9-5-2-6-10(14)11(9)12(15)7-3-1-4-8(7)12/h2,5-8,15H,1,3-4H2. The molecule has 3 rings (SSSR count). The number of hydrogen-bond acceptors (Lipinski definition) is 1. The monoisotopic (exact) mass is 210 g/mol. The van der Waals surface area contributed by atoms with Crippen molar-refractivity contribution in [3.8, 4) is 0 Å². The minimum absolute atomic E-state index is 0.0731. The molecule has 80 valence electrons. The molecule has 0 saturated heterocycles. The van der Waals surface area contributed by atoms with Crippen molar-refractivity contribution in [3.63, 3.8) is 0 Å². The van der Waals surface area contributed by atoms with Crippen LogP contribution in [-0.2, 0) is 5.60 Å². The third-order valence-electron chi connectivity index (χ3n) is 3.90. The van der Waals surface area contributed by atoms with E-state index in [-0.39, 0.29) is 17.4 Å². The predicted molar refractivity (Wildman–Crippen MR) is 51.1 cm³/mol. The second-order valence-corrected chi connectivity index (χ2v) is 4.57. The molecule has 3 heteroatoms. The maximum atomic E-state index is 13.5. The van der Waals surface area contributed by atoms with Crippen molar-refractivity contribution < 1.29 is 13.9 Å². The van der Waals surface area contributed by atoms with Gasteiger partial charge in [-0.25, -0.2) is 8.78 Å². The van der Waals surface area contributed by atoms with Crippen molar-refractivity contribution in [2.24, 2.45) is 11.8 Å². The first-order valence-electron chi connectivity index (χ1n) is 5.32. The Balaban J connectivity index is 2.07. The number of hydrogen-bond donors (Lipinski definition) is 1. The summed E-state index contributed by atoms with van der Waals surface area (Å²) in [6.07, 6.45) is 2.83. The molecule has 2 atom stereocenters. The molecule has 1 N–H and O–H groups in total. The minimum Gasteiger partial charge on any atom is -0.384 e. The van der Waals surface area contributed by atoms with E-state index in [0.29, 0.717) is 0 Å². The fourth-order valence-electron chi connectivity index (χ4n) is 3.17. The van der Waals surface area contributed by atoms with Crippen LogP contribution < -0.4 is 0 Å². The number of fused-ring (bicyclic) bond motifs is 1. The van der Waals surface area contributed by atoms with Crippen LogP contribution in [0.3, 0.4) is 0 Å². The van der Waals surface area contributed by atoms with E-state index < -0.39 is 17.2 Å². The van der Waals surface area contributed by atoms with Gasteiger partial charge in [0, 0.05) is 0 Å². The van der Waals surface area contributed by atoms with Crippen LogP contribution >= 0.6 is 0 Å². The molecule has 0 aliphatic heterocycles. The molecule has 2 aliphatic carbocycles. The Morgan fingerprint density at radius 1 is 1.13 bits per heavy atom. The van der Waals surface area contributed by atoms with Crippen LogP contribution in [0.5, 0.6) is 0 Å². The summed E-state index contributed by atoms with van der Waals surface area (Å²) in [4.78, 5) is 0. The van der Waals surface area contributed by atoms with E-state index in [1.54, 1.807) is 0 Å². The van der Waals surface area contributed by atoms with E-state index >= 15 is 0 Å². The Labute approximate surface area is 86.7 Å². The lowest BCUT2D eigenvalue weighted by molar-refractivity contribution is 0.0967. The van der Waals surface area contributed by atoms with Crippen LogP contribution in [0.15, 0.2) is 18.2 Å². The molecular weight excluding hydrogens is 198 g/mol. The molecule has 0 spiro atoms. The van der Waals surface area contributed by atoms with Gasteiger partial charge in [0.25, 0.3) is 0 Å². The summed E-state index contributed by atoms with van der Waals surface area (Å²) >= 11 is 0. The molecule has 15 heavy (non-hydrogen) atoms. The van der Waals surface area contributed by atoms with E-state index in [9.17, 15) is 13.9 Å². The third kappa shape index (κ3) is 1.04. The highest BCUT2D eigenvalue weighted by Crippen LogP contribution is 2.66. The van der Waals surface area contributed by atoms with E-state index in [1.165, 1.54) is 18.2 Å². The number of aliphatic hydroxyl groups is 1. The van der Waals surface area contributed by atoms with Crippen molar-refractivity contribution in [2.45, 2.75) is 24.9 Å². The highest BCUT2D eigenvalue weighted by molar-refractivity contribution is 5.36. The summed E-state index contributed by atoms with van der Waals surface area (Å²) in [7, 11) is 0. The fourth-order valence-corrected chi connectivity index (χ4v) is 3.17. The summed E-state index contributed by atoms with van der Waals surface area (Å²) < 4.78 is 27.0. The SMILES string of the molecule is OC1(c2c(F)cccc2F)C2CCCC21. The van der Waals surface area contributed by atoms with E-state index in [4.69, 9.17) is 0 Å². The molecule has 1 nitrogen and oxygen atoms in total. The van der Waals surface area contributed by atoms with Crippen LogP contribution in [-0.4, -0.2) is 5.11 Å². The van der Waals surface area contributed by atoms with Gasteiger partial charge in [-0.05, 0) is 36.8 Å². The summed E-state index contributed by atoms with van der Waals surface area (Å²) in [6, 6.07) is 3.75. The van der Waals surface area contributed by atoms with Gasteiger partial charge in [-0.1, -0.05) is 12.5 Å². The number of rotatable bonds is 1. The molecule has 2 fully saturated rings. The molecule has 2 unspecified atom stereocenters. The molecule has 1 aromatic rings. The molecular formula is C12H12F2O. The van der Waals surface area contributed by atoms with Crippen LogP contribution in [0.2, 0.25) is 0 Å². The highest BCUT2D eigenvalue weighted by Gasteiger charge is 2.67. The van der Waals surface area contributed by atoms with Gasteiger partial charge in [-0.2, -0.15) is 0 Å². The average molecular weight is 210 g/mol. The molecule has 0 radical (unpaired) electrons. The zero-order valence-corrected chi connectivity index (χ0v) is 8.21. The predicted octanol–water partition coefficient (Wildman–Crippen LogP) is 2.58. The zero-order valence-electron chi connectivity index (χ0n) is 8.21. The van der Waals surface area contributed by atoms with E-state index in [0.717, 1.165) is 19.3 Å². The summed E-state index contributed by atoms with van der Waals surface area (Å²) in [5.41, 5.74) is -1.33. The smallest absolute Gasteiger partial charge is 0.132 e. The second-order valence-electron chi connectivity index (χ2n) is 4.57. The Morgan fingerprint density at radius 2 is 1.67 bits per heavy atom. The first kappa shape index (κ1) is 9.28. The first-order chi connectivity index (χ1) is 7.15. The van der Waals surface area contributed by atoms with Gasteiger partial charge in [0.15, 0.2) is 0 Å². The minimum atomic E-state index is -1.21. The summed E-state index contributed by atoms with van der Waals surface area (Å²) in [5.74, 6) is -1.09. The Kier molecular flexibility index (Phi) is 1.72. The molecule has 2 saturated carbocycles. The van der Waals surface area contributed by atoms with E-state index in [1.807, 2.05) is 0 Å². The molecule has 0 amide bonds. The molecule has 0 aromatic heterocycles. The van der Waals surface area contributed by atoms with Crippen LogP contribution in [0.25, 0.3) is 0 Å². The topological polar surface area (TPSA) is 20.2 Å². The lowest BCUT2D eigenvalue weighted by Crippen LogP contribution is -2.17. The fraction of sp³-hybridized carbons (Fsp3) is 0.500. The van der Waals surface area contributed by atoms with Gasteiger partial charge >= 0.3 is 0 Å². The molecule has 1 aromatic carbocycles. The van der Waals surface area contributed by atoms with Crippen molar-refractivity contribution in [1.29, 1.82) is 0 Å². The number of halogens is 2. The largest absolute Gasteiger partial charge is 0.384 e. The highest BCUT2D eigenvalue weighted by atomic mass is 19.1. The third-order valence-corrected chi connectivity index (χ3v) is 3.90. The average Bonchev–Trinajstić information content (AvgIpc) is 2.63. The van der Waals surface area contributed by atoms with Crippen molar-refractivity contribution >= 4 is 0 Å². The van der Waals surface area contributed by atoms with Gasteiger partial charge in [-0.3, -0.25) is 0 Å². The van der Waals surface area contributed by atoms with Crippen molar-refractivity contribution in [1.82, 2.24) is 0 Å². The summed E-state index contributed by atoms with van der Waals surface area (Å²) in [5, 5.41) is 10.3. The van der Waals surface area contributed by atoms with Crippen molar-refractivity contribution in [2.75, 3.05) is 0 Å². The zero-order chi connectivity index (χ0) is 10.6. The second kappa shape index (κ2) is 2.79. The van der Waals surface area contributed by atoms with Gasteiger partial charge in [0.05, 0.1) is 5.56 Å². The maximum absolute atomic E-state index is 13.5. The van der Waals surface area contributed by atoms with Crippen LogP contribution in [0.4, 0.5) is 8.78 Å². The Bertz CT molecular complexity index is 386. The number of benzene rings is 1.